The van der Waals surface area contributed by atoms with E-state index < -0.39 is 43.4 Å². The topological polar surface area (TPSA) is 61.9 Å². The molecule has 0 aliphatic carbocycles. The van der Waals surface area contributed by atoms with Crippen LogP contribution in [0.3, 0.4) is 0 Å². The molecule has 6 nitrogen and oxygen atoms in total. The zero-order chi connectivity index (χ0) is 19.6. The summed E-state index contributed by atoms with van der Waals surface area (Å²) in [5.74, 6) is -4.01. The summed E-state index contributed by atoms with van der Waals surface area (Å²) in [5.41, 5.74) is 0.00896. The number of ether oxygens (including phenoxy) is 1. The van der Waals surface area contributed by atoms with Crippen molar-refractivity contribution in [2.75, 3.05) is 32.7 Å². The zero-order valence-electron chi connectivity index (χ0n) is 14.7. The minimum atomic E-state index is -3.05. The Bertz CT molecular complexity index is 715. The fourth-order valence-corrected chi connectivity index (χ4v) is 3.25. The number of hydrogen-bond donors (Lipinski definition) is 1. The number of amides is 2. The number of para-hydroxylation sites is 1. The van der Waals surface area contributed by atoms with Crippen molar-refractivity contribution in [1.29, 1.82) is 0 Å². The van der Waals surface area contributed by atoms with Gasteiger partial charge in [0.05, 0.1) is 18.2 Å². The van der Waals surface area contributed by atoms with E-state index in [9.17, 15) is 27.2 Å². The van der Waals surface area contributed by atoms with Gasteiger partial charge in [-0.3, -0.25) is 14.9 Å². The van der Waals surface area contributed by atoms with E-state index in [2.05, 4.69) is 10.1 Å². The van der Waals surface area contributed by atoms with Crippen LogP contribution >= 0.6 is 12.4 Å². The first kappa shape index (κ1) is 22.2. The number of halogens is 5. The second kappa shape index (κ2) is 8.95. The van der Waals surface area contributed by atoms with Crippen molar-refractivity contribution in [3.05, 3.63) is 29.8 Å². The maximum atomic E-state index is 13.3. The standard InChI is InChI=1S/C17H19F4N3O3.ClH/c18-16(19)27-13-4-2-1-3-11(13)14(25)23-5-7-24(8-6-23)15(26)12-9-17(20,21)10-22-12;/h1-4,12,16,22H,5-10H2;1H. The summed E-state index contributed by atoms with van der Waals surface area (Å²) in [6.07, 6.45) is -0.538. The van der Waals surface area contributed by atoms with Crippen LogP contribution in [-0.4, -0.2) is 72.9 Å². The van der Waals surface area contributed by atoms with Gasteiger partial charge in [-0.15, -0.1) is 12.4 Å². The molecule has 0 bridgehead atoms. The highest BCUT2D eigenvalue weighted by Crippen LogP contribution is 2.27. The van der Waals surface area contributed by atoms with Gasteiger partial charge in [0, 0.05) is 32.6 Å². The van der Waals surface area contributed by atoms with E-state index in [1.165, 1.54) is 34.1 Å². The first-order valence-electron chi connectivity index (χ1n) is 8.50. The van der Waals surface area contributed by atoms with E-state index in [1.807, 2.05) is 0 Å². The van der Waals surface area contributed by atoms with Crippen molar-refractivity contribution >= 4 is 24.2 Å². The fraction of sp³-hybridized carbons (Fsp3) is 0.529. The van der Waals surface area contributed by atoms with Crippen LogP contribution in [0, 0.1) is 0 Å². The number of hydrogen-bond acceptors (Lipinski definition) is 4. The summed E-state index contributed by atoms with van der Waals surface area (Å²) in [6.45, 7) is -2.85. The highest BCUT2D eigenvalue weighted by Gasteiger charge is 2.44. The third-order valence-electron chi connectivity index (χ3n) is 4.62. The first-order valence-corrected chi connectivity index (χ1v) is 8.50. The minimum Gasteiger partial charge on any atom is -0.434 e. The van der Waals surface area contributed by atoms with Gasteiger partial charge in [0.15, 0.2) is 0 Å². The van der Waals surface area contributed by atoms with E-state index in [0.717, 1.165) is 0 Å². The maximum Gasteiger partial charge on any atom is 0.387 e. The molecule has 2 aliphatic heterocycles. The first-order chi connectivity index (χ1) is 12.8. The number of carbonyl (C=O) groups is 2. The van der Waals surface area contributed by atoms with Crippen molar-refractivity contribution in [3.63, 3.8) is 0 Å². The molecule has 1 aromatic rings. The van der Waals surface area contributed by atoms with Crippen molar-refractivity contribution in [2.24, 2.45) is 0 Å². The van der Waals surface area contributed by atoms with Crippen LogP contribution in [0.4, 0.5) is 17.6 Å². The smallest absolute Gasteiger partial charge is 0.387 e. The summed E-state index contributed by atoms with van der Waals surface area (Å²) < 4.78 is 55.9. The average Bonchev–Trinajstić information content (AvgIpc) is 3.00. The molecule has 2 saturated heterocycles. The predicted octanol–water partition coefficient (Wildman–Crippen LogP) is 1.99. The number of piperazine rings is 1. The van der Waals surface area contributed by atoms with Crippen LogP contribution in [0.2, 0.25) is 0 Å². The summed E-state index contributed by atoms with van der Waals surface area (Å²) in [7, 11) is 0. The van der Waals surface area contributed by atoms with Gasteiger partial charge in [-0.25, -0.2) is 8.78 Å². The molecule has 2 heterocycles. The second-order valence-corrected chi connectivity index (χ2v) is 6.49. The molecule has 11 heteroatoms. The highest BCUT2D eigenvalue weighted by molar-refractivity contribution is 5.97. The van der Waals surface area contributed by atoms with E-state index >= 15 is 0 Å². The van der Waals surface area contributed by atoms with Gasteiger partial charge in [-0.2, -0.15) is 8.78 Å². The zero-order valence-corrected chi connectivity index (χ0v) is 15.6. The molecule has 1 N–H and O–H groups in total. The molecule has 0 saturated carbocycles. The van der Waals surface area contributed by atoms with Gasteiger partial charge in [-0.1, -0.05) is 12.1 Å². The third-order valence-corrected chi connectivity index (χ3v) is 4.62. The summed E-state index contributed by atoms with van der Waals surface area (Å²) >= 11 is 0. The van der Waals surface area contributed by atoms with Gasteiger partial charge >= 0.3 is 6.61 Å². The second-order valence-electron chi connectivity index (χ2n) is 6.49. The number of carbonyl (C=O) groups excluding carboxylic acids is 2. The molecule has 1 unspecified atom stereocenters. The normalized spacial score (nSPS) is 21.4. The lowest BCUT2D eigenvalue weighted by Gasteiger charge is -2.36. The van der Waals surface area contributed by atoms with E-state index in [4.69, 9.17) is 0 Å². The molecule has 0 aromatic heterocycles. The van der Waals surface area contributed by atoms with Crippen LogP contribution in [0.15, 0.2) is 24.3 Å². The number of nitrogens with zero attached hydrogens (tertiary/aromatic N) is 2. The van der Waals surface area contributed by atoms with E-state index in [-0.39, 0.29) is 49.9 Å². The van der Waals surface area contributed by atoms with Gasteiger partial charge in [0.1, 0.15) is 5.75 Å². The van der Waals surface area contributed by atoms with E-state index in [0.29, 0.717) is 0 Å². The third kappa shape index (κ3) is 5.05. The number of benzene rings is 1. The van der Waals surface area contributed by atoms with Crippen LogP contribution in [-0.2, 0) is 4.79 Å². The van der Waals surface area contributed by atoms with E-state index in [1.54, 1.807) is 0 Å². The van der Waals surface area contributed by atoms with Crippen molar-refractivity contribution in [1.82, 2.24) is 15.1 Å². The molecule has 0 radical (unpaired) electrons. The molecule has 156 valence electrons. The lowest BCUT2D eigenvalue weighted by atomic mass is 10.1. The Morgan fingerprint density at radius 3 is 2.29 bits per heavy atom. The highest BCUT2D eigenvalue weighted by atomic mass is 35.5. The molecular formula is C17H20ClF4N3O3. The van der Waals surface area contributed by atoms with Crippen LogP contribution in [0.1, 0.15) is 16.8 Å². The van der Waals surface area contributed by atoms with Gasteiger partial charge in [0.2, 0.25) is 5.91 Å². The number of nitrogens with one attached hydrogen (secondary N) is 1. The molecule has 2 fully saturated rings. The predicted molar refractivity (Wildman–Crippen MR) is 94.2 cm³/mol. The maximum absolute atomic E-state index is 13.3. The number of rotatable bonds is 4. The molecule has 2 amide bonds. The quantitative estimate of drug-likeness (QED) is 0.749. The summed E-state index contributed by atoms with van der Waals surface area (Å²) in [4.78, 5) is 27.8. The largest absolute Gasteiger partial charge is 0.434 e. The molecule has 3 rings (SSSR count). The van der Waals surface area contributed by atoms with Crippen LogP contribution in [0.25, 0.3) is 0 Å². The van der Waals surface area contributed by atoms with Gasteiger partial charge < -0.3 is 14.5 Å². The van der Waals surface area contributed by atoms with Crippen molar-refractivity contribution < 1.29 is 31.9 Å². The average molecular weight is 426 g/mol. The lowest BCUT2D eigenvalue weighted by Crippen LogP contribution is -2.54. The van der Waals surface area contributed by atoms with Crippen LogP contribution < -0.4 is 10.1 Å². The Kier molecular flexibility index (Phi) is 7.11. The Hall–Kier alpha value is -2.07. The molecule has 1 aromatic carbocycles. The Labute approximate surface area is 165 Å². The molecule has 0 spiro atoms. The van der Waals surface area contributed by atoms with Gasteiger partial charge in [0.25, 0.3) is 11.8 Å². The SMILES string of the molecule is Cl.O=C(c1ccccc1OC(F)F)N1CCN(C(=O)C2CC(F)(F)CN2)CC1. The Balaban J connectivity index is 0.00000280. The van der Waals surface area contributed by atoms with Crippen molar-refractivity contribution in [2.45, 2.75) is 25.0 Å². The monoisotopic (exact) mass is 425 g/mol. The van der Waals surface area contributed by atoms with Crippen LogP contribution in [0.5, 0.6) is 5.75 Å². The fourth-order valence-electron chi connectivity index (χ4n) is 3.25. The minimum absolute atomic E-state index is 0. The lowest BCUT2D eigenvalue weighted by molar-refractivity contribution is -0.135. The Morgan fingerprint density at radius 1 is 1.11 bits per heavy atom. The molecule has 28 heavy (non-hydrogen) atoms. The Morgan fingerprint density at radius 2 is 1.71 bits per heavy atom. The molecule has 2 aliphatic rings. The van der Waals surface area contributed by atoms with Gasteiger partial charge in [-0.05, 0) is 12.1 Å². The summed E-state index contributed by atoms with van der Waals surface area (Å²) in [5, 5.41) is 2.52. The van der Waals surface area contributed by atoms with Crippen molar-refractivity contribution in [3.8, 4) is 5.75 Å². The molecular weight excluding hydrogens is 406 g/mol. The molecule has 1 atom stereocenters. The summed E-state index contributed by atoms with van der Waals surface area (Å²) in [6, 6.07) is 4.77. The number of alkyl halides is 4.